The van der Waals surface area contributed by atoms with Crippen molar-refractivity contribution in [2.75, 3.05) is 64.3 Å². The second-order valence-corrected chi connectivity index (χ2v) is 13.5. The van der Waals surface area contributed by atoms with Gasteiger partial charge in [-0.15, -0.1) is 0 Å². The molecule has 2 fully saturated rings. The maximum atomic E-state index is 13.7. The van der Waals surface area contributed by atoms with Crippen molar-refractivity contribution in [1.82, 2.24) is 14.8 Å². The molecule has 1 aliphatic carbocycles. The molecule has 1 aromatic heterocycles. The van der Waals surface area contributed by atoms with E-state index in [1.54, 1.807) is 32.4 Å². The fourth-order valence-electron chi connectivity index (χ4n) is 6.19. The van der Waals surface area contributed by atoms with Gasteiger partial charge in [0.2, 0.25) is 0 Å². The van der Waals surface area contributed by atoms with E-state index < -0.39 is 6.67 Å². The van der Waals surface area contributed by atoms with E-state index in [1.807, 2.05) is 16.7 Å². The Morgan fingerprint density at radius 2 is 1.88 bits per heavy atom. The van der Waals surface area contributed by atoms with Crippen molar-refractivity contribution in [1.29, 1.82) is 0 Å². The molecule has 0 unspecified atom stereocenters. The Hall–Kier alpha value is -3.01. The molecule has 2 heterocycles. The Kier molecular flexibility index (Phi) is 10.0. The van der Waals surface area contributed by atoms with Gasteiger partial charge in [-0.1, -0.05) is 34.6 Å². The van der Waals surface area contributed by atoms with Crippen LogP contribution in [0, 0.1) is 11.8 Å². The topological polar surface area (TPSA) is 79.8 Å². The number of carbonyl (C=O) groups is 1. The molecule has 3 aromatic rings. The van der Waals surface area contributed by atoms with Crippen LogP contribution < -0.4 is 20.7 Å². The summed E-state index contributed by atoms with van der Waals surface area (Å²) in [5.74, 6) is 6.82. The molecule has 3 N–H and O–H groups in total. The van der Waals surface area contributed by atoms with E-state index in [0.29, 0.717) is 17.9 Å². The fourth-order valence-corrected chi connectivity index (χ4v) is 7.02. The maximum absolute atomic E-state index is 13.7. The zero-order chi connectivity index (χ0) is 30.5. The Labute approximate surface area is 267 Å². The minimum absolute atomic E-state index is 0.0534. The number of hydrogen-bond donors (Lipinski definition) is 3. The first-order valence-electron chi connectivity index (χ1n) is 14.9. The minimum atomic E-state index is -0.473. The Morgan fingerprint density at radius 3 is 2.58 bits per heavy atom. The van der Waals surface area contributed by atoms with Crippen molar-refractivity contribution in [2.24, 2.45) is 0 Å². The highest BCUT2D eigenvalue weighted by atomic mass is 127. The highest BCUT2D eigenvalue weighted by molar-refractivity contribution is 14.1. The number of hydrogen-bond acceptors (Lipinski definition) is 6. The molecule has 0 spiro atoms. The van der Waals surface area contributed by atoms with E-state index in [4.69, 9.17) is 9.47 Å². The molecule has 1 aliphatic heterocycles. The van der Waals surface area contributed by atoms with Crippen molar-refractivity contribution in [2.45, 2.75) is 48.2 Å². The average Bonchev–Trinajstić information content (AvgIpc) is 3.39. The van der Waals surface area contributed by atoms with Gasteiger partial charge in [0, 0.05) is 42.3 Å². The van der Waals surface area contributed by atoms with Gasteiger partial charge in [-0.05, 0) is 74.9 Å². The van der Waals surface area contributed by atoms with E-state index in [1.165, 1.54) is 0 Å². The highest BCUT2D eigenvalue weighted by Gasteiger charge is 2.42. The number of alkyl halides is 2. The molecule has 0 bridgehead atoms. The van der Waals surface area contributed by atoms with Crippen LogP contribution in [0.5, 0.6) is 5.75 Å². The molecule has 1 amide bonds. The number of fused-ring (bicyclic) bond motifs is 1. The van der Waals surface area contributed by atoms with Crippen molar-refractivity contribution < 1.29 is 18.7 Å². The smallest absolute Gasteiger partial charge is 0.251 e. The number of halogens is 2. The summed E-state index contributed by atoms with van der Waals surface area (Å²) in [5, 5.41) is 10.8. The molecule has 5 rings (SSSR count). The standard InChI is InChI=1S/C33H41FIN5O3/c1-32(39-18-20-43-21-19-39)11-13-33(35,14-12-32)38-27-7-4-8-29-26(27)23-25(40(29)17-15-34)6-5-16-37-28-10-9-24(31(41)36-2)22-30(28)42-3/h4,7-10,22-23,37-38H,11-21H2,1-3H3,(H,36,41)/t32-,33+. The molecule has 8 nitrogen and oxygen atoms in total. The molecule has 230 valence electrons. The van der Waals surface area contributed by atoms with Crippen molar-refractivity contribution >= 4 is 50.8 Å². The molecular formula is C33H41FIN5O3. The van der Waals surface area contributed by atoms with Crippen molar-refractivity contribution in [3.8, 4) is 17.6 Å². The largest absolute Gasteiger partial charge is 0.495 e. The first kappa shape index (κ1) is 31.4. The molecule has 10 heteroatoms. The third kappa shape index (κ3) is 7.05. The summed E-state index contributed by atoms with van der Waals surface area (Å²) in [7, 11) is 3.16. The van der Waals surface area contributed by atoms with Gasteiger partial charge in [0.1, 0.15) is 12.4 Å². The van der Waals surface area contributed by atoms with Crippen LogP contribution in [0.15, 0.2) is 42.5 Å². The van der Waals surface area contributed by atoms with Gasteiger partial charge in [0.05, 0.1) is 53.9 Å². The van der Waals surface area contributed by atoms with Crippen LogP contribution in [0.2, 0.25) is 0 Å². The Bertz CT molecular complexity index is 1500. The predicted octanol–water partition coefficient (Wildman–Crippen LogP) is 5.65. The number of nitrogens with one attached hydrogen (secondary N) is 3. The fraction of sp³-hybridized carbons (Fsp3) is 0.485. The van der Waals surface area contributed by atoms with Gasteiger partial charge in [0.15, 0.2) is 0 Å². The summed E-state index contributed by atoms with van der Waals surface area (Å²) < 4.78 is 26.6. The number of ether oxygens (including phenoxy) is 2. The van der Waals surface area contributed by atoms with Crippen LogP contribution in [-0.4, -0.2) is 78.1 Å². The number of amides is 1. The van der Waals surface area contributed by atoms with Gasteiger partial charge < -0.3 is 30.0 Å². The number of nitrogens with zero attached hydrogens (tertiary/aromatic N) is 2. The van der Waals surface area contributed by atoms with Crippen LogP contribution >= 0.6 is 22.6 Å². The number of morpholine rings is 1. The minimum Gasteiger partial charge on any atom is -0.495 e. The lowest BCUT2D eigenvalue weighted by Gasteiger charge is -2.49. The maximum Gasteiger partial charge on any atom is 0.251 e. The van der Waals surface area contributed by atoms with E-state index in [0.717, 1.165) is 80.0 Å². The van der Waals surface area contributed by atoms with Crippen LogP contribution in [0.1, 0.15) is 48.7 Å². The number of benzene rings is 2. The normalized spacial score (nSPS) is 22.4. The van der Waals surface area contributed by atoms with E-state index in [9.17, 15) is 9.18 Å². The molecule has 0 atom stereocenters. The average molecular weight is 702 g/mol. The zero-order valence-electron chi connectivity index (χ0n) is 25.2. The Morgan fingerprint density at radius 1 is 1.12 bits per heavy atom. The number of methoxy groups -OCH3 is 1. The van der Waals surface area contributed by atoms with Crippen LogP contribution in [0.3, 0.4) is 0 Å². The molecule has 1 saturated heterocycles. The monoisotopic (exact) mass is 701 g/mol. The molecule has 1 saturated carbocycles. The second-order valence-electron chi connectivity index (χ2n) is 11.4. The first-order chi connectivity index (χ1) is 20.8. The third-order valence-corrected chi connectivity index (χ3v) is 10.1. The molecule has 2 aliphatic rings. The van der Waals surface area contributed by atoms with Gasteiger partial charge in [-0.2, -0.15) is 0 Å². The summed E-state index contributed by atoms with van der Waals surface area (Å²) in [5.41, 5.74) is 4.27. The Balaban J connectivity index is 1.31. The summed E-state index contributed by atoms with van der Waals surface area (Å²) in [6.07, 6.45) is 4.39. The number of aromatic nitrogens is 1. The molecule has 2 aromatic carbocycles. The summed E-state index contributed by atoms with van der Waals surface area (Å²) in [6, 6.07) is 13.5. The summed E-state index contributed by atoms with van der Waals surface area (Å²) in [4.78, 5) is 14.6. The SMILES string of the molecule is CNC(=O)c1ccc(NCC#Cc2cc3c(N[C@]4(I)CC[C@](C)(N5CCOCC5)CC4)cccc3n2CCF)c(OC)c1. The lowest BCUT2D eigenvalue weighted by molar-refractivity contribution is -0.0311. The van der Waals surface area contributed by atoms with E-state index >= 15 is 0 Å². The van der Waals surface area contributed by atoms with Crippen molar-refractivity contribution in [3.05, 3.63) is 53.7 Å². The molecule has 43 heavy (non-hydrogen) atoms. The summed E-state index contributed by atoms with van der Waals surface area (Å²) >= 11 is 2.60. The highest BCUT2D eigenvalue weighted by Crippen LogP contribution is 2.45. The van der Waals surface area contributed by atoms with Crippen LogP contribution in [0.25, 0.3) is 10.9 Å². The van der Waals surface area contributed by atoms with Crippen LogP contribution in [-0.2, 0) is 11.3 Å². The summed E-state index contributed by atoms with van der Waals surface area (Å²) in [6.45, 7) is 6.20. The zero-order valence-corrected chi connectivity index (χ0v) is 27.4. The lowest BCUT2D eigenvalue weighted by atomic mass is 9.79. The number of anilines is 2. The second kappa shape index (κ2) is 13.7. The van der Waals surface area contributed by atoms with Crippen LogP contribution in [0.4, 0.5) is 15.8 Å². The lowest BCUT2D eigenvalue weighted by Crippen LogP contribution is -2.55. The molecule has 0 radical (unpaired) electrons. The van der Waals surface area contributed by atoms with E-state index in [-0.39, 0.29) is 21.5 Å². The van der Waals surface area contributed by atoms with Gasteiger partial charge in [-0.3, -0.25) is 9.69 Å². The quantitative estimate of drug-likeness (QED) is 0.116. The van der Waals surface area contributed by atoms with Crippen molar-refractivity contribution in [3.63, 3.8) is 0 Å². The van der Waals surface area contributed by atoms with Gasteiger partial charge in [-0.25, -0.2) is 4.39 Å². The van der Waals surface area contributed by atoms with Gasteiger partial charge >= 0.3 is 0 Å². The number of rotatable bonds is 9. The molecular weight excluding hydrogens is 660 g/mol. The first-order valence-corrected chi connectivity index (χ1v) is 16.0. The predicted molar refractivity (Wildman–Crippen MR) is 179 cm³/mol. The third-order valence-electron chi connectivity index (χ3n) is 8.78. The number of aryl methyl sites for hydroxylation is 1. The van der Waals surface area contributed by atoms with Gasteiger partial charge in [0.25, 0.3) is 5.91 Å². The van der Waals surface area contributed by atoms with E-state index in [2.05, 4.69) is 74.3 Å². The number of carbonyl (C=O) groups excluding carboxylic acids is 1.